The zero-order valence-corrected chi connectivity index (χ0v) is 24.0. The van der Waals surface area contributed by atoms with Gasteiger partial charge in [0.2, 0.25) is 12.5 Å². The predicted octanol–water partition coefficient (Wildman–Crippen LogP) is 3.78. The second-order valence-electron chi connectivity index (χ2n) is 11.4. The smallest absolute Gasteiger partial charge is 0.331 e. The van der Waals surface area contributed by atoms with Gasteiger partial charge in [-0.2, -0.15) is 9.97 Å². The maximum absolute atomic E-state index is 14.0. The highest BCUT2D eigenvalue weighted by atomic mass is 19.1. The van der Waals surface area contributed by atoms with E-state index in [1.165, 1.54) is 17.2 Å². The highest BCUT2D eigenvalue weighted by molar-refractivity contribution is 5.87. The molecule has 216 valence electrons. The lowest BCUT2D eigenvalue weighted by molar-refractivity contribution is -0.139. The highest BCUT2D eigenvalue weighted by Gasteiger charge is 2.39. The molecule has 2 aromatic rings. The van der Waals surface area contributed by atoms with Crippen LogP contribution in [0, 0.1) is 20.4 Å². The summed E-state index contributed by atoms with van der Waals surface area (Å²) in [6.07, 6.45) is 2.27. The topological polar surface area (TPSA) is 83.2 Å². The van der Waals surface area contributed by atoms with Crippen molar-refractivity contribution in [2.45, 2.75) is 70.2 Å². The minimum absolute atomic E-state index is 0.0198. The first kappa shape index (κ1) is 28.7. The minimum Gasteiger partial charge on any atom is -0.390 e. The van der Waals surface area contributed by atoms with Crippen LogP contribution in [0.5, 0.6) is 6.01 Å². The number of aryl methyl sites for hydroxylation is 1. The van der Waals surface area contributed by atoms with E-state index >= 15 is 0 Å². The molecule has 4 heterocycles. The number of hydrogen-bond acceptors (Lipinski definition) is 7. The standard InChI is InChI=1S/C31H37FN6O3/c1-6-28(39)38-13-10-21(14-23(38)16-33-4)29-24-11-12-37(26-9-7-8-19(2)20(26)3)18-25(24)34-31(35-29)41-30(40)27-15-22(32)17-36(27)5/h6-9,21-23,27H,1,10-18H2,2-3,5H3/t21?,22-,23-,27+/m1/s1. The number of ether oxygens (including phenoxy) is 1. The second-order valence-corrected chi connectivity index (χ2v) is 11.4. The molecule has 0 spiro atoms. The Morgan fingerprint density at radius 3 is 2.76 bits per heavy atom. The van der Waals surface area contributed by atoms with E-state index in [4.69, 9.17) is 21.3 Å². The Morgan fingerprint density at radius 2 is 2.05 bits per heavy atom. The van der Waals surface area contributed by atoms with Crippen LogP contribution in [-0.2, 0) is 22.6 Å². The first-order chi connectivity index (χ1) is 19.7. The van der Waals surface area contributed by atoms with Gasteiger partial charge < -0.3 is 19.4 Å². The number of benzene rings is 1. The maximum atomic E-state index is 14.0. The van der Waals surface area contributed by atoms with E-state index in [1.54, 1.807) is 16.8 Å². The van der Waals surface area contributed by atoms with Crippen LogP contribution in [0.25, 0.3) is 4.85 Å². The lowest BCUT2D eigenvalue weighted by Crippen LogP contribution is -2.46. The summed E-state index contributed by atoms with van der Waals surface area (Å²) >= 11 is 0. The summed E-state index contributed by atoms with van der Waals surface area (Å²) in [5, 5.41) is 0. The average molecular weight is 561 g/mol. The van der Waals surface area contributed by atoms with Gasteiger partial charge in [0.1, 0.15) is 18.3 Å². The molecule has 1 unspecified atom stereocenters. The predicted molar refractivity (Wildman–Crippen MR) is 153 cm³/mol. The third-order valence-corrected chi connectivity index (χ3v) is 8.82. The number of esters is 1. The zero-order valence-electron chi connectivity index (χ0n) is 24.0. The fourth-order valence-corrected chi connectivity index (χ4v) is 6.46. The number of carbonyl (C=O) groups excluding carboxylic acids is 2. The largest absolute Gasteiger partial charge is 0.390 e. The van der Waals surface area contributed by atoms with Gasteiger partial charge in [0.15, 0.2) is 0 Å². The van der Waals surface area contributed by atoms with Crippen LogP contribution in [0.1, 0.15) is 53.3 Å². The van der Waals surface area contributed by atoms with Gasteiger partial charge in [0, 0.05) is 37.7 Å². The molecule has 41 heavy (non-hydrogen) atoms. The molecule has 4 atom stereocenters. The van der Waals surface area contributed by atoms with Crippen LogP contribution in [0.4, 0.5) is 10.1 Å². The summed E-state index contributed by atoms with van der Waals surface area (Å²) in [5.74, 6) is -0.757. The van der Waals surface area contributed by atoms with E-state index in [9.17, 15) is 14.0 Å². The van der Waals surface area contributed by atoms with Gasteiger partial charge in [0.05, 0.1) is 17.9 Å². The minimum atomic E-state index is -1.08. The number of rotatable bonds is 6. The van der Waals surface area contributed by atoms with Crippen molar-refractivity contribution in [3.05, 3.63) is 70.3 Å². The van der Waals surface area contributed by atoms with Gasteiger partial charge in [-0.3, -0.25) is 9.69 Å². The molecule has 1 aromatic heterocycles. The van der Waals surface area contributed by atoms with Crippen LogP contribution < -0.4 is 9.64 Å². The summed E-state index contributed by atoms with van der Waals surface area (Å²) < 4.78 is 19.7. The van der Waals surface area contributed by atoms with Gasteiger partial charge >= 0.3 is 12.0 Å². The lowest BCUT2D eigenvalue weighted by Gasteiger charge is -2.38. The van der Waals surface area contributed by atoms with Crippen LogP contribution >= 0.6 is 0 Å². The molecule has 3 aliphatic rings. The number of likely N-dealkylation sites (tertiary alicyclic amines) is 2. The van der Waals surface area contributed by atoms with Crippen LogP contribution in [0.15, 0.2) is 30.9 Å². The normalized spacial score (nSPS) is 24.5. The molecule has 0 bridgehead atoms. The van der Waals surface area contributed by atoms with E-state index in [0.29, 0.717) is 25.9 Å². The molecule has 1 amide bonds. The maximum Gasteiger partial charge on any atom is 0.331 e. The Hall–Kier alpha value is -3.84. The summed E-state index contributed by atoms with van der Waals surface area (Å²) in [6.45, 7) is 17.5. The van der Waals surface area contributed by atoms with Crippen LogP contribution in [0.3, 0.4) is 0 Å². The van der Waals surface area contributed by atoms with Crippen molar-refractivity contribution in [1.82, 2.24) is 19.8 Å². The number of piperidine rings is 1. The number of halogens is 1. The Balaban J connectivity index is 1.49. The van der Waals surface area contributed by atoms with E-state index in [0.717, 1.165) is 35.6 Å². The first-order valence-electron chi connectivity index (χ1n) is 14.2. The molecule has 3 aliphatic heterocycles. The fraction of sp³-hybridized carbons (Fsp3) is 0.516. The van der Waals surface area contributed by atoms with Crippen molar-refractivity contribution >= 4 is 17.6 Å². The third-order valence-electron chi connectivity index (χ3n) is 8.82. The molecule has 2 fully saturated rings. The van der Waals surface area contributed by atoms with Crippen molar-refractivity contribution < 1.29 is 18.7 Å². The SMILES string of the molecule is [C-]#[N+]C[C@H]1CC(c2nc(OC(=O)[C@@H]3C[C@@H](F)CN3C)nc3c2CCN(c2cccc(C)c2C)C3)CCN1C(=O)C=C. The van der Waals surface area contributed by atoms with Gasteiger partial charge in [-0.1, -0.05) is 18.7 Å². The first-order valence-corrected chi connectivity index (χ1v) is 14.2. The van der Waals surface area contributed by atoms with E-state index in [-0.39, 0.29) is 43.4 Å². The second kappa shape index (κ2) is 12.0. The van der Waals surface area contributed by atoms with Gasteiger partial charge in [-0.25, -0.2) is 15.8 Å². The number of likely N-dealkylation sites (N-methyl/N-ethyl adjacent to an activating group) is 1. The Bertz CT molecular complexity index is 1390. The number of aromatic nitrogens is 2. The molecule has 0 aliphatic carbocycles. The average Bonchev–Trinajstić information content (AvgIpc) is 3.31. The molecule has 10 heteroatoms. The van der Waals surface area contributed by atoms with Crippen molar-refractivity contribution in [2.75, 3.05) is 38.1 Å². The fourth-order valence-electron chi connectivity index (χ4n) is 6.46. The van der Waals surface area contributed by atoms with Crippen molar-refractivity contribution in [3.8, 4) is 6.01 Å². The number of carbonyl (C=O) groups is 2. The summed E-state index contributed by atoms with van der Waals surface area (Å²) in [7, 11) is 1.71. The van der Waals surface area contributed by atoms with Crippen molar-refractivity contribution in [1.29, 1.82) is 0 Å². The number of amides is 1. The number of anilines is 1. The monoisotopic (exact) mass is 560 g/mol. The van der Waals surface area contributed by atoms with Gasteiger partial charge in [-0.15, -0.1) is 0 Å². The number of hydrogen-bond donors (Lipinski definition) is 0. The quantitative estimate of drug-likeness (QED) is 0.302. The van der Waals surface area contributed by atoms with Crippen molar-refractivity contribution in [2.24, 2.45) is 0 Å². The van der Waals surface area contributed by atoms with Gasteiger partial charge in [0.25, 0.3) is 0 Å². The van der Waals surface area contributed by atoms with Crippen LogP contribution in [0.2, 0.25) is 0 Å². The van der Waals surface area contributed by atoms with E-state index in [1.807, 2.05) is 0 Å². The number of alkyl halides is 1. The zero-order chi connectivity index (χ0) is 29.3. The van der Waals surface area contributed by atoms with Gasteiger partial charge in [-0.05, 0) is 69.0 Å². The Kier molecular flexibility index (Phi) is 8.36. The molecule has 9 nitrogen and oxygen atoms in total. The number of fused-ring (bicyclic) bond motifs is 1. The molecule has 0 radical (unpaired) electrons. The van der Waals surface area contributed by atoms with E-state index < -0.39 is 18.2 Å². The third kappa shape index (κ3) is 5.82. The van der Waals surface area contributed by atoms with Crippen molar-refractivity contribution in [3.63, 3.8) is 0 Å². The molecular formula is C31H37FN6O3. The van der Waals surface area contributed by atoms with E-state index in [2.05, 4.69) is 48.4 Å². The highest BCUT2D eigenvalue weighted by Crippen LogP contribution is 2.37. The molecular weight excluding hydrogens is 523 g/mol. The summed E-state index contributed by atoms with van der Waals surface area (Å²) in [5.41, 5.74) is 6.24. The molecule has 2 saturated heterocycles. The Labute approximate surface area is 240 Å². The molecule has 5 rings (SSSR count). The Morgan fingerprint density at radius 1 is 1.24 bits per heavy atom. The van der Waals surface area contributed by atoms with Crippen LogP contribution in [-0.4, -0.2) is 83.1 Å². The number of nitrogens with zero attached hydrogens (tertiary/aromatic N) is 6. The summed E-state index contributed by atoms with van der Waals surface area (Å²) in [4.78, 5) is 44.4. The molecule has 1 aromatic carbocycles. The summed E-state index contributed by atoms with van der Waals surface area (Å²) in [6, 6.07) is 5.31. The molecule has 0 saturated carbocycles. The lowest BCUT2D eigenvalue weighted by atomic mass is 9.84. The molecule has 0 N–H and O–H groups in total.